The average Bonchev–Trinajstić information content (AvgIpc) is 2.59. The van der Waals surface area contributed by atoms with Gasteiger partial charge in [-0.25, -0.2) is 0 Å². The third-order valence-corrected chi connectivity index (χ3v) is 3.75. The molecule has 1 amide bonds. The molecule has 1 aliphatic heterocycles. The second kappa shape index (κ2) is 7.83. The molecular weight excluding hydrogens is 280 g/mol. The molecule has 118 valence electrons. The number of hydrogen-bond donors (Lipinski definition) is 0. The van der Waals surface area contributed by atoms with Crippen LogP contribution in [0.2, 0.25) is 0 Å². The molecule has 0 saturated carbocycles. The normalized spacial score (nSPS) is 18.5. The van der Waals surface area contributed by atoms with E-state index in [1.165, 1.54) is 0 Å². The Balaban J connectivity index is 1.99. The Morgan fingerprint density at radius 1 is 1.50 bits per heavy atom. The summed E-state index contributed by atoms with van der Waals surface area (Å²) in [6, 6.07) is 7.28. The summed E-state index contributed by atoms with van der Waals surface area (Å²) in [5.74, 6) is 3.07. The van der Waals surface area contributed by atoms with E-state index in [4.69, 9.17) is 15.9 Å². The third-order valence-electron chi connectivity index (χ3n) is 3.75. The van der Waals surface area contributed by atoms with Crippen LogP contribution in [0.1, 0.15) is 6.92 Å². The zero-order valence-corrected chi connectivity index (χ0v) is 13.1. The Hall–Kier alpha value is -2.03. The number of carbonyl (C=O) groups is 1. The zero-order chi connectivity index (χ0) is 15.9. The van der Waals surface area contributed by atoms with E-state index in [0.717, 1.165) is 18.8 Å². The van der Waals surface area contributed by atoms with E-state index >= 15 is 0 Å². The second-order valence-corrected chi connectivity index (χ2v) is 5.14. The molecule has 1 aromatic carbocycles. The van der Waals surface area contributed by atoms with Crippen molar-refractivity contribution in [3.05, 3.63) is 24.3 Å². The first kappa shape index (κ1) is 16.3. The number of benzene rings is 1. The van der Waals surface area contributed by atoms with Gasteiger partial charge in [0.15, 0.2) is 0 Å². The van der Waals surface area contributed by atoms with Crippen LogP contribution < -0.4 is 9.64 Å². The maximum atomic E-state index is 12.5. The summed E-state index contributed by atoms with van der Waals surface area (Å²) in [5, 5.41) is 0. The molecule has 0 unspecified atom stereocenters. The third kappa shape index (κ3) is 4.00. The van der Waals surface area contributed by atoms with Crippen LogP contribution in [0, 0.1) is 12.3 Å². The number of rotatable bonds is 5. The van der Waals surface area contributed by atoms with Crippen molar-refractivity contribution in [2.75, 3.05) is 44.8 Å². The highest BCUT2D eigenvalue weighted by molar-refractivity contribution is 5.96. The molecule has 1 saturated heterocycles. The van der Waals surface area contributed by atoms with Crippen molar-refractivity contribution in [3.63, 3.8) is 0 Å². The van der Waals surface area contributed by atoms with Crippen LogP contribution >= 0.6 is 0 Å². The number of hydrogen-bond acceptors (Lipinski definition) is 4. The second-order valence-electron chi connectivity index (χ2n) is 5.14. The molecule has 5 nitrogen and oxygen atoms in total. The van der Waals surface area contributed by atoms with Gasteiger partial charge >= 0.3 is 0 Å². The Morgan fingerprint density at radius 3 is 2.86 bits per heavy atom. The minimum Gasteiger partial charge on any atom is -0.481 e. The van der Waals surface area contributed by atoms with Gasteiger partial charge in [-0.2, -0.15) is 0 Å². The first-order chi connectivity index (χ1) is 10.7. The molecule has 2 rings (SSSR count). The molecule has 0 N–H and O–H groups in total. The average molecular weight is 302 g/mol. The van der Waals surface area contributed by atoms with Crippen molar-refractivity contribution >= 4 is 11.6 Å². The van der Waals surface area contributed by atoms with Crippen LogP contribution in [0.3, 0.4) is 0 Å². The van der Waals surface area contributed by atoms with Crippen molar-refractivity contribution in [2.24, 2.45) is 0 Å². The summed E-state index contributed by atoms with van der Waals surface area (Å²) in [4.78, 5) is 16.4. The van der Waals surface area contributed by atoms with Crippen molar-refractivity contribution in [1.29, 1.82) is 0 Å². The van der Waals surface area contributed by atoms with Gasteiger partial charge in [0.1, 0.15) is 18.5 Å². The van der Waals surface area contributed by atoms with Crippen LogP contribution in [0.5, 0.6) is 5.75 Å². The number of amides is 1. The molecule has 0 aliphatic carbocycles. The van der Waals surface area contributed by atoms with Crippen molar-refractivity contribution < 1.29 is 14.3 Å². The van der Waals surface area contributed by atoms with Crippen molar-refractivity contribution in [1.82, 2.24) is 4.90 Å². The van der Waals surface area contributed by atoms with E-state index in [2.05, 4.69) is 17.7 Å². The molecule has 0 radical (unpaired) electrons. The standard InChI is InChI=1S/C17H22N2O3/c1-4-11-21-15-8-6-14(7-9-15)18(3)17(20)16-13-19(5-2)10-12-22-16/h1,6-9,16H,5,10-13H2,2-3H3/t16-/m0/s1. The predicted molar refractivity (Wildman–Crippen MR) is 86.0 cm³/mol. The number of anilines is 1. The molecule has 1 heterocycles. The first-order valence-corrected chi connectivity index (χ1v) is 7.43. The maximum Gasteiger partial charge on any atom is 0.257 e. The number of carbonyl (C=O) groups excluding carboxylic acids is 1. The molecule has 1 aromatic rings. The maximum absolute atomic E-state index is 12.5. The van der Waals surface area contributed by atoms with E-state index in [1.807, 2.05) is 12.1 Å². The molecule has 1 atom stereocenters. The quantitative estimate of drug-likeness (QED) is 0.771. The highest BCUT2D eigenvalue weighted by Crippen LogP contribution is 2.20. The van der Waals surface area contributed by atoms with Crippen LogP contribution in [0.25, 0.3) is 0 Å². The molecular formula is C17H22N2O3. The van der Waals surface area contributed by atoms with Gasteiger partial charge in [-0.15, -0.1) is 6.42 Å². The summed E-state index contributed by atoms with van der Waals surface area (Å²) >= 11 is 0. The number of nitrogens with zero attached hydrogens (tertiary/aromatic N) is 2. The van der Waals surface area contributed by atoms with Gasteiger partial charge in [0.05, 0.1) is 6.61 Å². The first-order valence-electron chi connectivity index (χ1n) is 7.43. The van der Waals surface area contributed by atoms with E-state index in [0.29, 0.717) is 18.9 Å². The van der Waals surface area contributed by atoms with Gasteiger partial charge in [0.2, 0.25) is 0 Å². The van der Waals surface area contributed by atoms with Crippen LogP contribution in [-0.4, -0.2) is 56.8 Å². The zero-order valence-electron chi connectivity index (χ0n) is 13.1. The minimum atomic E-state index is -0.406. The summed E-state index contributed by atoms with van der Waals surface area (Å²) < 4.78 is 10.9. The highest BCUT2D eigenvalue weighted by atomic mass is 16.5. The van der Waals surface area contributed by atoms with E-state index in [9.17, 15) is 4.79 Å². The van der Waals surface area contributed by atoms with Gasteiger partial charge in [0, 0.05) is 25.8 Å². The molecule has 0 spiro atoms. The lowest BCUT2D eigenvalue weighted by atomic mass is 10.2. The predicted octanol–water partition coefficient (Wildman–Crippen LogP) is 1.38. The summed E-state index contributed by atoms with van der Waals surface area (Å²) in [6.45, 7) is 5.37. The molecule has 0 bridgehead atoms. The van der Waals surface area contributed by atoms with Crippen LogP contribution in [-0.2, 0) is 9.53 Å². The summed E-state index contributed by atoms with van der Waals surface area (Å²) in [7, 11) is 1.76. The van der Waals surface area contributed by atoms with Crippen molar-refractivity contribution in [2.45, 2.75) is 13.0 Å². The van der Waals surface area contributed by atoms with Gasteiger partial charge in [-0.05, 0) is 30.8 Å². The van der Waals surface area contributed by atoms with Crippen LogP contribution in [0.4, 0.5) is 5.69 Å². The SMILES string of the molecule is C#CCOc1ccc(N(C)C(=O)[C@@H]2CN(CC)CCO2)cc1. The number of terminal acetylenes is 1. The molecule has 5 heteroatoms. The highest BCUT2D eigenvalue weighted by Gasteiger charge is 2.28. The van der Waals surface area contributed by atoms with Gasteiger partial charge in [-0.3, -0.25) is 9.69 Å². The fraction of sp³-hybridized carbons (Fsp3) is 0.471. The Labute approximate surface area is 131 Å². The van der Waals surface area contributed by atoms with E-state index in [1.54, 1.807) is 24.1 Å². The minimum absolute atomic E-state index is 0.0320. The lowest BCUT2D eigenvalue weighted by molar-refractivity contribution is -0.135. The van der Waals surface area contributed by atoms with E-state index < -0.39 is 6.10 Å². The number of morpholine rings is 1. The lowest BCUT2D eigenvalue weighted by Crippen LogP contribution is -2.50. The monoisotopic (exact) mass is 302 g/mol. The molecule has 0 aromatic heterocycles. The van der Waals surface area contributed by atoms with E-state index in [-0.39, 0.29) is 12.5 Å². The molecule has 1 fully saturated rings. The Kier molecular flexibility index (Phi) is 5.82. The molecule has 1 aliphatic rings. The largest absolute Gasteiger partial charge is 0.481 e. The van der Waals surface area contributed by atoms with Crippen LogP contribution in [0.15, 0.2) is 24.3 Å². The summed E-state index contributed by atoms with van der Waals surface area (Å²) in [5.41, 5.74) is 0.801. The summed E-state index contributed by atoms with van der Waals surface area (Å²) in [6.07, 6.45) is 4.75. The Morgan fingerprint density at radius 2 is 2.23 bits per heavy atom. The topological polar surface area (TPSA) is 42.0 Å². The molecule has 22 heavy (non-hydrogen) atoms. The fourth-order valence-corrected chi connectivity index (χ4v) is 2.37. The fourth-order valence-electron chi connectivity index (χ4n) is 2.37. The number of ether oxygens (including phenoxy) is 2. The van der Waals surface area contributed by atoms with Gasteiger partial charge in [-0.1, -0.05) is 12.8 Å². The lowest BCUT2D eigenvalue weighted by Gasteiger charge is -2.33. The smallest absolute Gasteiger partial charge is 0.257 e. The number of likely N-dealkylation sites (N-methyl/N-ethyl adjacent to an activating group) is 2. The van der Waals surface area contributed by atoms with Gasteiger partial charge in [0.25, 0.3) is 5.91 Å². The van der Waals surface area contributed by atoms with Gasteiger partial charge < -0.3 is 14.4 Å². The van der Waals surface area contributed by atoms with Crippen molar-refractivity contribution in [3.8, 4) is 18.1 Å². The Bertz CT molecular complexity index is 536.